The van der Waals surface area contributed by atoms with Crippen LogP contribution in [0, 0.1) is 23.7 Å². The largest absolute Gasteiger partial charge is 0.271 e. The van der Waals surface area contributed by atoms with Gasteiger partial charge in [0.15, 0.2) is 0 Å². The fraction of sp³-hybridized carbons (Fsp3) is 1.00. The van der Waals surface area contributed by atoms with Crippen molar-refractivity contribution in [2.24, 2.45) is 29.5 Å². The van der Waals surface area contributed by atoms with Crippen LogP contribution in [0.15, 0.2) is 0 Å². The maximum atomic E-state index is 5.93. The van der Waals surface area contributed by atoms with Crippen LogP contribution in [0.2, 0.25) is 0 Å². The molecule has 0 spiro atoms. The maximum Gasteiger partial charge on any atom is 0.0266 e. The standard InChI is InChI=1S/C17H34N2/c1-13(2)14-9-11-16(12-10-14)17(19-18)15-7-5-3-4-6-8-15/h13-17,19H,3-12,18H2,1-2H3. The molecule has 2 nitrogen and oxygen atoms in total. The Kier molecular flexibility index (Phi) is 6.15. The Labute approximate surface area is 119 Å². The summed E-state index contributed by atoms with van der Waals surface area (Å²) in [6.07, 6.45) is 14.2. The van der Waals surface area contributed by atoms with Gasteiger partial charge in [-0.05, 0) is 62.2 Å². The van der Waals surface area contributed by atoms with Gasteiger partial charge in [0.05, 0.1) is 0 Å². The lowest BCUT2D eigenvalue weighted by atomic mass is 9.71. The Hall–Kier alpha value is -0.0800. The van der Waals surface area contributed by atoms with Crippen molar-refractivity contribution in [1.29, 1.82) is 0 Å². The molecule has 3 N–H and O–H groups in total. The van der Waals surface area contributed by atoms with Crippen molar-refractivity contribution < 1.29 is 0 Å². The molecule has 2 saturated carbocycles. The molecule has 0 aromatic carbocycles. The highest BCUT2D eigenvalue weighted by atomic mass is 15.2. The molecule has 19 heavy (non-hydrogen) atoms. The molecule has 0 aliphatic heterocycles. The summed E-state index contributed by atoms with van der Waals surface area (Å²) in [5, 5.41) is 0. The molecule has 0 aromatic heterocycles. The van der Waals surface area contributed by atoms with E-state index in [1.807, 2.05) is 0 Å². The van der Waals surface area contributed by atoms with Crippen molar-refractivity contribution in [3.05, 3.63) is 0 Å². The molecule has 0 heterocycles. The first-order valence-electron chi connectivity index (χ1n) is 8.68. The zero-order chi connectivity index (χ0) is 13.7. The fourth-order valence-electron chi connectivity index (χ4n) is 4.50. The minimum Gasteiger partial charge on any atom is -0.271 e. The van der Waals surface area contributed by atoms with E-state index >= 15 is 0 Å². The van der Waals surface area contributed by atoms with Crippen LogP contribution >= 0.6 is 0 Å². The zero-order valence-corrected chi connectivity index (χ0v) is 13.0. The molecule has 0 bridgehead atoms. The smallest absolute Gasteiger partial charge is 0.0266 e. The molecule has 1 unspecified atom stereocenters. The third-order valence-corrected chi connectivity index (χ3v) is 5.87. The summed E-state index contributed by atoms with van der Waals surface area (Å²) in [5.41, 5.74) is 3.21. The van der Waals surface area contributed by atoms with Crippen molar-refractivity contribution in [2.45, 2.75) is 84.1 Å². The van der Waals surface area contributed by atoms with E-state index in [9.17, 15) is 0 Å². The van der Waals surface area contributed by atoms with Gasteiger partial charge >= 0.3 is 0 Å². The van der Waals surface area contributed by atoms with E-state index in [-0.39, 0.29) is 0 Å². The van der Waals surface area contributed by atoms with Gasteiger partial charge in [0, 0.05) is 6.04 Å². The van der Waals surface area contributed by atoms with Crippen molar-refractivity contribution in [3.63, 3.8) is 0 Å². The Balaban J connectivity index is 1.87. The molecule has 0 saturated heterocycles. The van der Waals surface area contributed by atoms with Gasteiger partial charge in [-0.2, -0.15) is 0 Å². The lowest BCUT2D eigenvalue weighted by Crippen LogP contribution is -2.47. The fourth-order valence-corrected chi connectivity index (χ4v) is 4.50. The van der Waals surface area contributed by atoms with Crippen LogP contribution in [0.1, 0.15) is 78.1 Å². The Morgan fingerprint density at radius 3 is 1.68 bits per heavy atom. The van der Waals surface area contributed by atoms with E-state index in [1.54, 1.807) is 0 Å². The number of hydrazine groups is 1. The molecule has 2 fully saturated rings. The summed E-state index contributed by atoms with van der Waals surface area (Å²) in [4.78, 5) is 0. The summed E-state index contributed by atoms with van der Waals surface area (Å²) in [6.45, 7) is 4.77. The van der Waals surface area contributed by atoms with Gasteiger partial charge in [0.25, 0.3) is 0 Å². The lowest BCUT2D eigenvalue weighted by Gasteiger charge is -2.38. The highest BCUT2D eigenvalue weighted by molar-refractivity contribution is 4.86. The summed E-state index contributed by atoms with van der Waals surface area (Å²) in [6, 6.07) is 0.589. The summed E-state index contributed by atoms with van der Waals surface area (Å²) < 4.78 is 0. The summed E-state index contributed by atoms with van der Waals surface area (Å²) >= 11 is 0. The predicted molar refractivity (Wildman–Crippen MR) is 82.6 cm³/mol. The molecular weight excluding hydrogens is 232 g/mol. The Morgan fingerprint density at radius 2 is 1.21 bits per heavy atom. The van der Waals surface area contributed by atoms with Crippen molar-refractivity contribution in [3.8, 4) is 0 Å². The van der Waals surface area contributed by atoms with Crippen molar-refractivity contribution >= 4 is 0 Å². The average Bonchev–Trinajstić information content (AvgIpc) is 2.69. The first-order chi connectivity index (χ1) is 9.22. The molecule has 112 valence electrons. The summed E-state index contributed by atoms with van der Waals surface area (Å²) in [5.74, 6) is 9.43. The molecule has 2 heteroatoms. The van der Waals surface area contributed by atoms with E-state index < -0.39 is 0 Å². The lowest BCUT2D eigenvalue weighted by molar-refractivity contribution is 0.150. The normalized spacial score (nSPS) is 32.2. The maximum absolute atomic E-state index is 5.93. The van der Waals surface area contributed by atoms with Gasteiger partial charge < -0.3 is 0 Å². The topological polar surface area (TPSA) is 38.0 Å². The van der Waals surface area contributed by atoms with Gasteiger partial charge in [-0.3, -0.25) is 11.3 Å². The molecule has 0 aromatic rings. The number of hydrogen-bond acceptors (Lipinski definition) is 2. The molecular formula is C17H34N2. The van der Waals surface area contributed by atoms with Gasteiger partial charge in [-0.15, -0.1) is 0 Å². The van der Waals surface area contributed by atoms with Crippen molar-refractivity contribution in [2.75, 3.05) is 0 Å². The predicted octanol–water partition coefficient (Wildman–Crippen LogP) is 4.25. The van der Waals surface area contributed by atoms with Crippen LogP contribution in [0.3, 0.4) is 0 Å². The molecule has 0 radical (unpaired) electrons. The first kappa shape index (κ1) is 15.3. The molecule has 0 amide bonds. The highest BCUT2D eigenvalue weighted by Crippen LogP contribution is 2.38. The Bertz CT molecular complexity index is 236. The monoisotopic (exact) mass is 266 g/mol. The van der Waals surface area contributed by atoms with Crippen molar-refractivity contribution in [1.82, 2.24) is 5.43 Å². The third kappa shape index (κ3) is 4.19. The first-order valence-corrected chi connectivity index (χ1v) is 8.68. The van der Waals surface area contributed by atoms with Crippen LogP contribution in [0.5, 0.6) is 0 Å². The van der Waals surface area contributed by atoms with E-state index in [2.05, 4.69) is 19.3 Å². The van der Waals surface area contributed by atoms with Crippen LogP contribution in [0.4, 0.5) is 0 Å². The van der Waals surface area contributed by atoms with Gasteiger partial charge in [0.1, 0.15) is 0 Å². The van der Waals surface area contributed by atoms with Gasteiger partial charge in [-0.1, -0.05) is 39.5 Å². The van der Waals surface area contributed by atoms with Crippen LogP contribution < -0.4 is 11.3 Å². The third-order valence-electron chi connectivity index (χ3n) is 5.87. The number of rotatable bonds is 4. The molecule has 1 atom stereocenters. The van der Waals surface area contributed by atoms with E-state index in [0.29, 0.717) is 6.04 Å². The second kappa shape index (κ2) is 7.64. The molecule has 2 aliphatic carbocycles. The number of hydrogen-bond donors (Lipinski definition) is 2. The quantitative estimate of drug-likeness (QED) is 0.453. The van der Waals surface area contributed by atoms with Crippen LogP contribution in [0.25, 0.3) is 0 Å². The highest BCUT2D eigenvalue weighted by Gasteiger charge is 2.32. The van der Waals surface area contributed by atoms with Crippen LogP contribution in [-0.4, -0.2) is 6.04 Å². The van der Waals surface area contributed by atoms with Gasteiger partial charge in [-0.25, -0.2) is 0 Å². The average molecular weight is 266 g/mol. The van der Waals surface area contributed by atoms with E-state index in [4.69, 9.17) is 5.84 Å². The number of nitrogens with one attached hydrogen (secondary N) is 1. The molecule has 2 rings (SSSR count). The minimum atomic E-state index is 0.589. The summed E-state index contributed by atoms with van der Waals surface area (Å²) in [7, 11) is 0. The SMILES string of the molecule is CC(C)C1CCC(C(NN)C2CCCCCC2)CC1. The Morgan fingerprint density at radius 1 is 0.737 bits per heavy atom. The van der Waals surface area contributed by atoms with Gasteiger partial charge in [0.2, 0.25) is 0 Å². The molecule has 2 aliphatic rings. The zero-order valence-electron chi connectivity index (χ0n) is 13.0. The second-order valence-corrected chi connectivity index (χ2v) is 7.36. The number of nitrogens with two attached hydrogens (primary N) is 1. The van der Waals surface area contributed by atoms with E-state index in [1.165, 1.54) is 64.2 Å². The van der Waals surface area contributed by atoms with E-state index in [0.717, 1.165) is 23.7 Å². The van der Waals surface area contributed by atoms with Crippen LogP contribution in [-0.2, 0) is 0 Å². The minimum absolute atomic E-state index is 0.589. The second-order valence-electron chi connectivity index (χ2n) is 7.36.